The topological polar surface area (TPSA) is 98.2 Å². The first kappa shape index (κ1) is 25.9. The minimum Gasteiger partial charge on any atom is -0.465 e. The van der Waals surface area contributed by atoms with Crippen LogP contribution in [0, 0.1) is 11.7 Å². The number of nitrogens with one attached hydrogen (secondary N) is 1. The lowest BCUT2D eigenvalue weighted by Crippen LogP contribution is -2.34. The number of ether oxygens (including phenoxy) is 1. The number of carbonyl (C=O) groups is 2. The highest BCUT2D eigenvalue weighted by Gasteiger charge is 2.27. The van der Waals surface area contributed by atoms with Crippen molar-refractivity contribution in [1.29, 1.82) is 0 Å². The van der Waals surface area contributed by atoms with Crippen LogP contribution in [0.2, 0.25) is 0 Å². The Hall–Kier alpha value is -4.18. The number of nitrogens with zero attached hydrogens (tertiary/aromatic N) is 4. The molecule has 1 aliphatic rings. The van der Waals surface area contributed by atoms with E-state index >= 15 is 0 Å². The van der Waals surface area contributed by atoms with Crippen molar-refractivity contribution in [2.24, 2.45) is 5.92 Å². The highest BCUT2D eigenvalue weighted by Crippen LogP contribution is 2.29. The summed E-state index contributed by atoms with van der Waals surface area (Å²) in [5.74, 6) is 0.547. The highest BCUT2D eigenvalue weighted by atomic mass is 19.1. The molecule has 9 nitrogen and oxygen atoms in total. The van der Waals surface area contributed by atoms with Gasteiger partial charge in [-0.25, -0.2) is 19.0 Å². The molecule has 2 N–H and O–H groups in total. The molecule has 194 valence electrons. The van der Waals surface area contributed by atoms with Gasteiger partial charge in [0.25, 0.3) is 0 Å². The zero-order valence-electron chi connectivity index (χ0n) is 20.8. The van der Waals surface area contributed by atoms with Crippen LogP contribution in [0.4, 0.5) is 25.5 Å². The van der Waals surface area contributed by atoms with Gasteiger partial charge in [0.05, 0.1) is 12.2 Å². The smallest absolute Gasteiger partial charge is 0.412 e. The average molecular weight is 508 g/mol. The van der Waals surface area contributed by atoms with E-state index in [1.54, 1.807) is 41.3 Å². The van der Waals surface area contributed by atoms with Crippen LogP contribution in [0.1, 0.15) is 12.0 Å². The Morgan fingerprint density at radius 3 is 2.59 bits per heavy atom. The minimum absolute atomic E-state index is 0.00756. The van der Waals surface area contributed by atoms with Crippen molar-refractivity contribution < 1.29 is 23.8 Å². The number of urea groups is 1. The molecular formula is C27H30FN5O4. The maximum absolute atomic E-state index is 14.9. The van der Waals surface area contributed by atoms with Gasteiger partial charge in [-0.1, -0.05) is 30.3 Å². The number of halogens is 1. The summed E-state index contributed by atoms with van der Waals surface area (Å²) < 4.78 is 20.7. The maximum Gasteiger partial charge on any atom is 0.412 e. The predicted molar refractivity (Wildman–Crippen MR) is 139 cm³/mol. The van der Waals surface area contributed by atoms with Gasteiger partial charge in [0.2, 0.25) is 0 Å². The SMILES string of the molecule is CN(C)C[C@@H]1CCN(C(=O)Nc2cc(Oc3ccc(N(Cc4ccccc4)C(=O)O)c(F)c3)ccn2)C1. The first-order valence-electron chi connectivity index (χ1n) is 12.0. The molecule has 37 heavy (non-hydrogen) atoms. The number of amides is 3. The maximum atomic E-state index is 14.9. The van der Waals surface area contributed by atoms with E-state index in [1.165, 1.54) is 18.3 Å². The molecular weight excluding hydrogens is 477 g/mol. The summed E-state index contributed by atoms with van der Waals surface area (Å²) in [6, 6.07) is 15.9. The number of benzene rings is 2. The molecule has 0 unspecified atom stereocenters. The molecule has 2 aromatic carbocycles. The van der Waals surface area contributed by atoms with Crippen molar-refractivity contribution in [3.8, 4) is 11.5 Å². The Labute approximate surface area is 215 Å². The van der Waals surface area contributed by atoms with E-state index < -0.39 is 11.9 Å². The molecule has 1 aliphatic heterocycles. The number of hydrogen-bond donors (Lipinski definition) is 2. The van der Waals surface area contributed by atoms with Crippen LogP contribution >= 0.6 is 0 Å². The lowest BCUT2D eigenvalue weighted by Gasteiger charge is -2.20. The Kier molecular flexibility index (Phi) is 8.19. The van der Waals surface area contributed by atoms with Crippen LogP contribution in [0.25, 0.3) is 0 Å². The van der Waals surface area contributed by atoms with Crippen molar-refractivity contribution in [2.75, 3.05) is 43.9 Å². The third kappa shape index (κ3) is 6.95. The minimum atomic E-state index is -1.27. The van der Waals surface area contributed by atoms with Crippen molar-refractivity contribution in [2.45, 2.75) is 13.0 Å². The summed E-state index contributed by atoms with van der Waals surface area (Å²) in [6.45, 7) is 2.30. The predicted octanol–water partition coefficient (Wildman–Crippen LogP) is 5.11. The number of anilines is 2. The Morgan fingerprint density at radius 2 is 1.89 bits per heavy atom. The van der Waals surface area contributed by atoms with E-state index in [1.807, 2.05) is 20.2 Å². The van der Waals surface area contributed by atoms with Crippen LogP contribution in [-0.2, 0) is 6.54 Å². The van der Waals surface area contributed by atoms with Gasteiger partial charge in [-0.2, -0.15) is 0 Å². The fraction of sp³-hybridized carbons (Fsp3) is 0.296. The Bertz CT molecular complexity index is 1240. The summed E-state index contributed by atoms with van der Waals surface area (Å²) in [5.41, 5.74) is 0.655. The summed E-state index contributed by atoms with van der Waals surface area (Å²) in [4.78, 5) is 33.5. The van der Waals surface area contributed by atoms with Crippen molar-refractivity contribution in [3.63, 3.8) is 0 Å². The molecule has 4 rings (SSSR count). The van der Waals surface area contributed by atoms with Crippen LogP contribution in [0.3, 0.4) is 0 Å². The van der Waals surface area contributed by atoms with Gasteiger partial charge in [-0.05, 0) is 50.2 Å². The highest BCUT2D eigenvalue weighted by molar-refractivity contribution is 5.88. The van der Waals surface area contributed by atoms with E-state index in [0.717, 1.165) is 29.5 Å². The second-order valence-electron chi connectivity index (χ2n) is 9.24. The van der Waals surface area contributed by atoms with Crippen LogP contribution < -0.4 is 15.0 Å². The van der Waals surface area contributed by atoms with Gasteiger partial charge in [-0.15, -0.1) is 0 Å². The fourth-order valence-electron chi connectivity index (χ4n) is 4.34. The molecule has 1 aromatic heterocycles. The second kappa shape index (κ2) is 11.7. The molecule has 2 heterocycles. The van der Waals surface area contributed by atoms with E-state index in [0.29, 0.717) is 30.6 Å². The molecule has 1 atom stereocenters. The van der Waals surface area contributed by atoms with E-state index in [4.69, 9.17) is 4.74 Å². The first-order valence-corrected chi connectivity index (χ1v) is 12.0. The van der Waals surface area contributed by atoms with Gasteiger partial charge in [-0.3, -0.25) is 10.2 Å². The van der Waals surface area contributed by atoms with Crippen molar-refractivity contribution >= 4 is 23.6 Å². The summed E-state index contributed by atoms with van der Waals surface area (Å²) in [6.07, 6.45) is 1.17. The summed E-state index contributed by atoms with van der Waals surface area (Å²) in [5, 5.41) is 12.4. The molecule has 0 spiro atoms. The largest absolute Gasteiger partial charge is 0.465 e. The zero-order valence-corrected chi connectivity index (χ0v) is 20.8. The molecule has 0 saturated carbocycles. The Morgan fingerprint density at radius 1 is 1.14 bits per heavy atom. The zero-order chi connectivity index (χ0) is 26.4. The van der Waals surface area contributed by atoms with E-state index in [9.17, 15) is 19.1 Å². The summed E-state index contributed by atoms with van der Waals surface area (Å²) in [7, 11) is 4.04. The van der Waals surface area contributed by atoms with Gasteiger partial charge in [0.1, 0.15) is 17.3 Å². The van der Waals surface area contributed by atoms with Gasteiger partial charge >= 0.3 is 12.1 Å². The molecule has 10 heteroatoms. The number of likely N-dealkylation sites (tertiary alicyclic amines) is 1. The van der Waals surface area contributed by atoms with E-state index in [2.05, 4.69) is 15.2 Å². The quantitative estimate of drug-likeness (QED) is 0.440. The second-order valence-corrected chi connectivity index (χ2v) is 9.24. The summed E-state index contributed by atoms with van der Waals surface area (Å²) >= 11 is 0. The first-order chi connectivity index (χ1) is 17.8. The monoisotopic (exact) mass is 507 g/mol. The molecule has 0 aliphatic carbocycles. The van der Waals surface area contributed by atoms with Crippen molar-refractivity contribution in [1.82, 2.24) is 14.8 Å². The number of aromatic nitrogens is 1. The van der Waals surface area contributed by atoms with Gasteiger partial charge < -0.3 is 19.6 Å². The number of carbonyl (C=O) groups excluding carboxylic acids is 1. The number of pyridine rings is 1. The Balaban J connectivity index is 1.40. The molecule has 0 radical (unpaired) electrons. The number of rotatable bonds is 8. The molecule has 3 amide bonds. The number of carboxylic acid groups (broad SMARTS) is 1. The third-order valence-corrected chi connectivity index (χ3v) is 6.02. The number of hydrogen-bond acceptors (Lipinski definition) is 5. The molecule has 0 bridgehead atoms. The third-order valence-electron chi connectivity index (χ3n) is 6.02. The average Bonchev–Trinajstić information content (AvgIpc) is 3.32. The van der Waals surface area contributed by atoms with Crippen molar-refractivity contribution in [3.05, 3.63) is 78.2 Å². The molecule has 3 aromatic rings. The lowest BCUT2D eigenvalue weighted by atomic mass is 10.1. The standard InChI is InChI=1S/C27H30FN5O4/c1-31(2)16-20-11-13-32(17-20)26(34)30-25-15-22(10-12-29-25)37-21-8-9-24(23(28)14-21)33(27(35)36)18-19-6-4-3-5-7-19/h3-10,12,14-15,20H,11,13,16-18H2,1-2H3,(H,35,36)(H,29,30,34)/t20-/m0/s1. The molecule has 1 saturated heterocycles. The van der Waals surface area contributed by atoms with Gasteiger partial charge in [0.15, 0.2) is 5.82 Å². The van der Waals surface area contributed by atoms with Crippen LogP contribution in [-0.4, -0.2) is 65.7 Å². The fourth-order valence-corrected chi connectivity index (χ4v) is 4.34. The van der Waals surface area contributed by atoms with Crippen LogP contribution in [0.5, 0.6) is 11.5 Å². The van der Waals surface area contributed by atoms with E-state index in [-0.39, 0.29) is 24.0 Å². The van der Waals surface area contributed by atoms with Crippen LogP contribution in [0.15, 0.2) is 66.9 Å². The lowest BCUT2D eigenvalue weighted by molar-refractivity contribution is 0.201. The normalized spacial score (nSPS) is 15.0. The van der Waals surface area contributed by atoms with Gasteiger partial charge in [0, 0.05) is 38.0 Å². The molecule has 1 fully saturated rings.